The quantitative estimate of drug-likeness (QED) is 0.135. The van der Waals surface area contributed by atoms with Crippen LogP contribution in [0.3, 0.4) is 0 Å². The van der Waals surface area contributed by atoms with Crippen LogP contribution in [0.4, 0.5) is 0 Å². The molecule has 0 atom stereocenters. The molecule has 0 aliphatic carbocycles. The van der Waals surface area contributed by atoms with E-state index in [1.54, 1.807) is 0 Å². The fraction of sp³-hybridized carbons (Fsp3) is 0.514. The first-order chi connectivity index (χ1) is 37.5. The number of hydrogen-bond donors (Lipinski definition) is 0. The molecule has 82 heavy (non-hydrogen) atoms. The summed E-state index contributed by atoms with van der Waals surface area (Å²) in [5.74, 6) is 4.75. The lowest BCUT2D eigenvalue weighted by Gasteiger charge is -2.35. The second-order valence-corrected chi connectivity index (χ2v) is 35.9. The molecule has 2 aliphatic rings. The van der Waals surface area contributed by atoms with E-state index in [0.717, 1.165) is 39.4 Å². The van der Waals surface area contributed by atoms with Gasteiger partial charge in [0.1, 0.15) is 11.5 Å². The van der Waals surface area contributed by atoms with E-state index in [0.29, 0.717) is 11.5 Å². The van der Waals surface area contributed by atoms with Crippen molar-refractivity contribution < 1.29 is 28.4 Å². The average Bonchev–Trinajstić information content (AvgIpc) is 2.04. The van der Waals surface area contributed by atoms with Gasteiger partial charge in [-0.15, -0.1) is 0 Å². The number of ether oxygens (including phenoxy) is 6. The Hall–Kier alpha value is -5.02. The Morgan fingerprint density at radius 2 is 0.537 bits per heavy atom. The number of methoxy groups -OCH3 is 2. The Kier molecular flexibility index (Phi) is 16.5. The van der Waals surface area contributed by atoms with Crippen molar-refractivity contribution in [1.82, 2.24) is 0 Å². The van der Waals surface area contributed by atoms with Crippen LogP contribution in [-0.2, 0) is 43.3 Å². The van der Waals surface area contributed by atoms with Crippen LogP contribution in [0.15, 0.2) is 72.8 Å². The van der Waals surface area contributed by atoms with Gasteiger partial charge in [-0.05, 0) is 211 Å². The lowest BCUT2D eigenvalue weighted by atomic mass is 9.77. The maximum atomic E-state index is 6.98. The third-order valence-corrected chi connectivity index (χ3v) is 21.4. The monoisotopic (exact) mass is 1150 g/mol. The highest BCUT2D eigenvalue weighted by atomic mass is 31.1. The lowest BCUT2D eigenvalue weighted by molar-refractivity contribution is 0.173. The molecule has 6 nitrogen and oxygen atoms in total. The second-order valence-electron chi connectivity index (χ2n) is 31.5. The zero-order valence-corrected chi connectivity index (χ0v) is 57.5. The SMILES string of the molecule is COc1c(C(C)(C)C)cc(P(c2cc(C(C)(C)C)c(OC)c(C(C)(C)C)c2)c2ccc3c(c2-c2c(P(c4cc(C(C)(C)C)c(C)c(C(C)(C)C)c4)c4cc(C(C)(C)C)c(C)c(C(C)(C)C)c4)ccc4c2OCO4)OCO3)cc1C(C)(C)C. The summed E-state index contributed by atoms with van der Waals surface area (Å²) >= 11 is 0. The van der Waals surface area contributed by atoms with Crippen LogP contribution in [-0.4, -0.2) is 27.8 Å². The van der Waals surface area contributed by atoms with Gasteiger partial charge in [0.25, 0.3) is 0 Å². The largest absolute Gasteiger partial charge is 0.496 e. The first kappa shape index (κ1) is 63.0. The molecule has 6 aromatic carbocycles. The van der Waals surface area contributed by atoms with Gasteiger partial charge in [0.15, 0.2) is 23.0 Å². The zero-order chi connectivity index (χ0) is 61.2. The standard InChI is InChI=1S/C74H100O6P2/c1-43-49(67(3,4)5)33-45(34-50(43)68(6,7)8)81(46-35-51(69(9,10)11)44(2)52(36-46)70(12,13)14)59-31-29-57-65(79-41-77-57)61(59)62-60(32-30-58-66(62)80-42-78-58)82(47-37-53(71(15,16)17)63(75-27)54(38-47)72(18,19)20)48-39-55(73(21,22)23)64(76-28)56(40-48)74(24,25)26/h29-40H,41-42H2,1-28H3. The highest BCUT2D eigenvalue weighted by Crippen LogP contribution is 2.56. The van der Waals surface area contributed by atoms with Gasteiger partial charge in [0.2, 0.25) is 13.6 Å². The van der Waals surface area contributed by atoms with Crippen molar-refractivity contribution in [1.29, 1.82) is 0 Å². The first-order valence-corrected chi connectivity index (χ1v) is 32.4. The van der Waals surface area contributed by atoms with Crippen molar-refractivity contribution in [3.63, 3.8) is 0 Å². The topological polar surface area (TPSA) is 55.4 Å². The van der Waals surface area contributed by atoms with Crippen LogP contribution in [0.5, 0.6) is 34.5 Å². The van der Waals surface area contributed by atoms with Crippen molar-refractivity contribution in [3.8, 4) is 45.6 Å². The Morgan fingerprint density at radius 3 is 0.744 bits per heavy atom. The highest BCUT2D eigenvalue weighted by molar-refractivity contribution is 7.80. The minimum absolute atomic E-state index is 0.0969. The Labute approximate surface area is 498 Å². The number of rotatable bonds is 9. The second kappa shape index (κ2) is 21.5. The van der Waals surface area contributed by atoms with E-state index in [4.69, 9.17) is 28.4 Å². The molecule has 0 aromatic heterocycles. The van der Waals surface area contributed by atoms with Crippen LogP contribution in [0.25, 0.3) is 11.1 Å². The molecule has 442 valence electrons. The molecule has 2 aliphatic heterocycles. The fourth-order valence-electron chi connectivity index (χ4n) is 12.6. The van der Waals surface area contributed by atoms with Crippen molar-refractivity contribution in [2.24, 2.45) is 0 Å². The summed E-state index contributed by atoms with van der Waals surface area (Å²) in [5.41, 5.74) is 13.2. The normalized spacial score (nSPS) is 14.4. The third-order valence-electron chi connectivity index (χ3n) is 16.6. The van der Waals surface area contributed by atoms with E-state index in [2.05, 4.69) is 253 Å². The van der Waals surface area contributed by atoms with Crippen molar-refractivity contribution in [3.05, 3.63) is 128 Å². The minimum atomic E-state index is -1.46. The summed E-state index contributed by atoms with van der Waals surface area (Å²) in [6.07, 6.45) is 0. The Bertz CT molecular complexity index is 3130. The van der Waals surface area contributed by atoms with E-state index < -0.39 is 15.8 Å². The number of fused-ring (bicyclic) bond motifs is 2. The molecule has 0 fully saturated rings. The zero-order valence-electron chi connectivity index (χ0n) is 55.7. The van der Waals surface area contributed by atoms with Gasteiger partial charge >= 0.3 is 0 Å². The molecule has 0 N–H and O–H groups in total. The first-order valence-electron chi connectivity index (χ1n) is 29.7. The maximum Gasteiger partial charge on any atom is 0.231 e. The predicted octanol–water partition coefficient (Wildman–Crippen LogP) is 17.3. The lowest BCUT2D eigenvalue weighted by Crippen LogP contribution is -2.31. The van der Waals surface area contributed by atoms with E-state index in [9.17, 15) is 0 Å². The molecular weight excluding hydrogens is 1050 g/mol. The van der Waals surface area contributed by atoms with Crippen LogP contribution in [0.1, 0.15) is 222 Å². The van der Waals surface area contributed by atoms with Crippen LogP contribution in [0, 0.1) is 13.8 Å². The smallest absolute Gasteiger partial charge is 0.231 e. The van der Waals surface area contributed by atoms with E-state index in [-0.39, 0.29) is 56.9 Å². The van der Waals surface area contributed by atoms with E-state index in [1.807, 2.05) is 14.2 Å². The van der Waals surface area contributed by atoms with Gasteiger partial charge in [-0.25, -0.2) is 0 Å². The van der Waals surface area contributed by atoms with Gasteiger partial charge in [-0.2, -0.15) is 0 Å². The Morgan fingerprint density at radius 1 is 0.317 bits per heavy atom. The molecule has 0 saturated carbocycles. The predicted molar refractivity (Wildman–Crippen MR) is 354 cm³/mol. The molecule has 0 bridgehead atoms. The summed E-state index contributed by atoms with van der Waals surface area (Å²) in [5, 5.41) is 7.34. The number of hydrogen-bond acceptors (Lipinski definition) is 6. The van der Waals surface area contributed by atoms with E-state index >= 15 is 0 Å². The Balaban J connectivity index is 1.66. The van der Waals surface area contributed by atoms with Crippen LogP contribution in [0.2, 0.25) is 0 Å². The van der Waals surface area contributed by atoms with Gasteiger partial charge in [0.05, 0.1) is 14.2 Å². The summed E-state index contributed by atoms with van der Waals surface area (Å²) in [6.45, 7) is 60.9. The van der Waals surface area contributed by atoms with Gasteiger partial charge in [0, 0.05) is 33.4 Å². The molecule has 0 spiro atoms. The summed E-state index contributed by atoms with van der Waals surface area (Å²) < 4.78 is 40.1. The van der Waals surface area contributed by atoms with Gasteiger partial charge < -0.3 is 28.4 Å². The molecule has 8 heteroatoms. The number of benzene rings is 6. The molecule has 8 rings (SSSR count). The molecule has 0 saturated heterocycles. The maximum absolute atomic E-state index is 6.98. The van der Waals surface area contributed by atoms with Crippen molar-refractivity contribution in [2.75, 3.05) is 27.8 Å². The fourth-order valence-corrected chi connectivity index (χ4v) is 17.7. The molecule has 2 heterocycles. The van der Waals surface area contributed by atoms with Crippen molar-refractivity contribution in [2.45, 2.75) is 223 Å². The average molecular weight is 1150 g/mol. The van der Waals surface area contributed by atoms with Crippen LogP contribution < -0.4 is 60.2 Å². The molecule has 6 aromatic rings. The summed E-state index contributed by atoms with van der Waals surface area (Å²) in [6, 6.07) is 29.1. The molecule has 0 unspecified atom stereocenters. The van der Waals surface area contributed by atoms with Gasteiger partial charge in [-0.3, -0.25) is 0 Å². The summed E-state index contributed by atoms with van der Waals surface area (Å²) in [7, 11) is 0.826. The summed E-state index contributed by atoms with van der Waals surface area (Å²) in [4.78, 5) is 0. The third kappa shape index (κ3) is 12.0. The molecule has 0 amide bonds. The van der Waals surface area contributed by atoms with Crippen molar-refractivity contribution >= 4 is 47.7 Å². The van der Waals surface area contributed by atoms with Crippen LogP contribution >= 0.6 is 15.8 Å². The van der Waals surface area contributed by atoms with E-state index in [1.165, 1.54) is 82.2 Å². The molecule has 0 radical (unpaired) electrons. The minimum Gasteiger partial charge on any atom is -0.496 e. The molecular formula is C74H100O6P2. The van der Waals surface area contributed by atoms with Gasteiger partial charge in [-0.1, -0.05) is 166 Å². The highest BCUT2D eigenvalue weighted by Gasteiger charge is 2.40.